The summed E-state index contributed by atoms with van der Waals surface area (Å²) in [5.41, 5.74) is 23.9. The molecule has 11 aromatic carbocycles. The average Bonchev–Trinajstić information content (AvgIpc) is 4.05. The van der Waals surface area contributed by atoms with Gasteiger partial charge in [-0.15, -0.1) is 0 Å². The van der Waals surface area contributed by atoms with Gasteiger partial charge in [-0.3, -0.25) is 0 Å². The molecule has 2 heterocycles. The van der Waals surface area contributed by atoms with Crippen molar-refractivity contribution >= 4 is 38.9 Å². The summed E-state index contributed by atoms with van der Waals surface area (Å²) in [6.45, 7) is 0. The second kappa shape index (κ2) is 14.8. The standard InChI is InChI=1S/C68H44N2/c1-4-22-47(23-5-1)67(48-24-6-2-7-25-48)57-34-13-10-29-51(57)54-32-20-40-64(65(54)67)69(49-26-8-3-9-27-49)50-28-18-21-45(43-50)46-41-42-59-56(44-46)52-30-11-14-35-58(52)68(59)60-36-15-17-39-63(60)70-62-38-16-12-31-53(62)55-33-19-37-61(68)66(55)70/h1-44H. The molecule has 1 spiro atoms. The van der Waals surface area contributed by atoms with Gasteiger partial charge >= 0.3 is 0 Å². The zero-order valence-corrected chi connectivity index (χ0v) is 38.3. The number of aromatic nitrogens is 1. The van der Waals surface area contributed by atoms with Gasteiger partial charge in [-0.1, -0.05) is 218 Å². The average molecular weight is 889 g/mol. The van der Waals surface area contributed by atoms with E-state index in [1.807, 2.05) is 0 Å². The summed E-state index contributed by atoms with van der Waals surface area (Å²) in [5.74, 6) is 0. The predicted octanol–water partition coefficient (Wildman–Crippen LogP) is 17.0. The third kappa shape index (κ3) is 5.07. The Morgan fingerprint density at radius 1 is 0.314 bits per heavy atom. The van der Waals surface area contributed by atoms with Crippen LogP contribution in [0.4, 0.5) is 17.1 Å². The van der Waals surface area contributed by atoms with Gasteiger partial charge in [0.25, 0.3) is 0 Å². The van der Waals surface area contributed by atoms with Gasteiger partial charge in [-0.25, -0.2) is 0 Å². The topological polar surface area (TPSA) is 8.17 Å². The number of rotatable bonds is 6. The van der Waals surface area contributed by atoms with Crippen LogP contribution in [0.5, 0.6) is 0 Å². The lowest BCUT2D eigenvalue weighted by molar-refractivity contribution is 0.748. The minimum absolute atomic E-state index is 0.494. The van der Waals surface area contributed by atoms with E-state index >= 15 is 0 Å². The number of benzene rings is 11. The quantitative estimate of drug-likeness (QED) is 0.161. The lowest BCUT2D eigenvalue weighted by Crippen LogP contribution is -2.33. The minimum atomic E-state index is -0.574. The van der Waals surface area contributed by atoms with E-state index in [-0.39, 0.29) is 0 Å². The van der Waals surface area contributed by atoms with Gasteiger partial charge in [0.2, 0.25) is 0 Å². The molecule has 0 bridgehead atoms. The van der Waals surface area contributed by atoms with Gasteiger partial charge in [0.1, 0.15) is 0 Å². The molecule has 12 aromatic rings. The van der Waals surface area contributed by atoms with E-state index in [1.54, 1.807) is 0 Å². The molecule has 326 valence electrons. The van der Waals surface area contributed by atoms with E-state index in [4.69, 9.17) is 0 Å². The summed E-state index contributed by atoms with van der Waals surface area (Å²) < 4.78 is 2.52. The number of para-hydroxylation sites is 4. The first kappa shape index (κ1) is 39.1. The molecule has 70 heavy (non-hydrogen) atoms. The van der Waals surface area contributed by atoms with Crippen LogP contribution in [0.1, 0.15) is 44.5 Å². The molecule has 2 heteroatoms. The van der Waals surface area contributed by atoms with Crippen molar-refractivity contribution in [3.63, 3.8) is 0 Å². The summed E-state index contributed by atoms with van der Waals surface area (Å²) in [4.78, 5) is 2.49. The van der Waals surface area contributed by atoms with Crippen molar-refractivity contribution in [2.24, 2.45) is 0 Å². The maximum Gasteiger partial charge on any atom is 0.0754 e. The minimum Gasteiger partial charge on any atom is -0.310 e. The molecule has 2 aliphatic carbocycles. The van der Waals surface area contributed by atoms with E-state index in [0.717, 1.165) is 17.1 Å². The fourth-order valence-corrected chi connectivity index (χ4v) is 13.2. The van der Waals surface area contributed by atoms with Crippen LogP contribution in [0.3, 0.4) is 0 Å². The molecular weight excluding hydrogens is 845 g/mol. The molecule has 0 fully saturated rings. The fraction of sp³-hybridized carbons (Fsp3) is 0.0294. The highest BCUT2D eigenvalue weighted by Crippen LogP contribution is 2.63. The lowest BCUT2D eigenvalue weighted by Gasteiger charge is -2.39. The van der Waals surface area contributed by atoms with Gasteiger partial charge in [0.05, 0.1) is 33.2 Å². The Balaban J connectivity index is 0.945. The molecule has 3 aliphatic rings. The smallest absolute Gasteiger partial charge is 0.0754 e. The van der Waals surface area contributed by atoms with Crippen molar-refractivity contribution in [3.8, 4) is 39.1 Å². The van der Waals surface area contributed by atoms with Crippen molar-refractivity contribution in [1.82, 2.24) is 4.57 Å². The molecule has 0 saturated heterocycles. The van der Waals surface area contributed by atoms with Crippen molar-refractivity contribution in [1.29, 1.82) is 0 Å². The summed E-state index contributed by atoms with van der Waals surface area (Å²) in [5, 5.41) is 2.58. The van der Waals surface area contributed by atoms with Crippen LogP contribution in [0.2, 0.25) is 0 Å². The second-order valence-electron chi connectivity index (χ2n) is 19.1. The van der Waals surface area contributed by atoms with Gasteiger partial charge in [0.15, 0.2) is 0 Å². The van der Waals surface area contributed by atoms with E-state index in [0.29, 0.717) is 0 Å². The molecule has 15 rings (SSSR count). The van der Waals surface area contributed by atoms with E-state index < -0.39 is 10.8 Å². The molecule has 1 aromatic heterocycles. The Morgan fingerprint density at radius 3 is 1.61 bits per heavy atom. The SMILES string of the molecule is c1ccc(N(c2cccc(-c3ccc4c(c3)-c3ccccc3C43c4ccccc4-n4c5ccccc5c5cccc3c54)c2)c2cccc3c2C(c2ccccc2)(c2ccccc2)c2ccccc2-3)cc1. The third-order valence-corrected chi connectivity index (χ3v) is 15.8. The number of hydrogen-bond donors (Lipinski definition) is 0. The highest BCUT2D eigenvalue weighted by atomic mass is 15.1. The summed E-state index contributed by atoms with van der Waals surface area (Å²) >= 11 is 0. The summed E-state index contributed by atoms with van der Waals surface area (Å²) in [6, 6.07) is 99.7. The van der Waals surface area contributed by atoms with E-state index in [2.05, 4.69) is 276 Å². The maximum atomic E-state index is 2.52. The Kier molecular flexibility index (Phi) is 8.24. The molecule has 1 atom stereocenters. The second-order valence-corrected chi connectivity index (χ2v) is 19.1. The molecule has 0 N–H and O–H groups in total. The largest absolute Gasteiger partial charge is 0.310 e. The van der Waals surface area contributed by atoms with Crippen LogP contribution < -0.4 is 4.90 Å². The normalized spacial score (nSPS) is 15.3. The fourth-order valence-electron chi connectivity index (χ4n) is 13.2. The van der Waals surface area contributed by atoms with Crippen LogP contribution in [0.15, 0.2) is 267 Å². The van der Waals surface area contributed by atoms with Gasteiger partial charge < -0.3 is 9.47 Å². The molecule has 0 saturated carbocycles. The number of anilines is 3. The number of fused-ring (bicyclic) bond motifs is 15. The molecule has 0 radical (unpaired) electrons. The van der Waals surface area contributed by atoms with Gasteiger partial charge in [-0.2, -0.15) is 0 Å². The number of hydrogen-bond acceptors (Lipinski definition) is 1. The van der Waals surface area contributed by atoms with Crippen molar-refractivity contribution in [2.45, 2.75) is 10.8 Å². The van der Waals surface area contributed by atoms with Crippen LogP contribution in [-0.4, -0.2) is 4.57 Å². The third-order valence-electron chi connectivity index (χ3n) is 15.8. The Hall–Kier alpha value is -8.98. The van der Waals surface area contributed by atoms with Gasteiger partial charge in [-0.05, 0) is 121 Å². The van der Waals surface area contributed by atoms with Crippen molar-refractivity contribution in [2.75, 3.05) is 4.90 Å². The Morgan fingerprint density at radius 2 is 0.843 bits per heavy atom. The first-order chi connectivity index (χ1) is 34.8. The van der Waals surface area contributed by atoms with Crippen molar-refractivity contribution < 1.29 is 0 Å². The van der Waals surface area contributed by atoms with Crippen LogP contribution in [-0.2, 0) is 10.8 Å². The first-order valence-electron chi connectivity index (χ1n) is 24.4. The predicted molar refractivity (Wildman–Crippen MR) is 289 cm³/mol. The van der Waals surface area contributed by atoms with E-state index in [9.17, 15) is 0 Å². The molecule has 2 nitrogen and oxygen atoms in total. The summed E-state index contributed by atoms with van der Waals surface area (Å²) in [7, 11) is 0. The number of nitrogens with zero attached hydrogens (tertiary/aromatic N) is 2. The molecule has 0 amide bonds. The zero-order chi connectivity index (χ0) is 46.0. The maximum absolute atomic E-state index is 2.52. The molecule has 1 aliphatic heterocycles. The van der Waals surface area contributed by atoms with Crippen LogP contribution >= 0.6 is 0 Å². The monoisotopic (exact) mass is 888 g/mol. The van der Waals surface area contributed by atoms with Gasteiger partial charge in [0, 0.05) is 27.7 Å². The zero-order valence-electron chi connectivity index (χ0n) is 38.3. The van der Waals surface area contributed by atoms with Crippen LogP contribution in [0.25, 0.3) is 60.9 Å². The van der Waals surface area contributed by atoms with Crippen molar-refractivity contribution in [3.05, 3.63) is 311 Å². The van der Waals surface area contributed by atoms with Crippen LogP contribution in [0, 0.1) is 0 Å². The lowest BCUT2D eigenvalue weighted by atomic mass is 9.65. The summed E-state index contributed by atoms with van der Waals surface area (Å²) in [6.07, 6.45) is 0. The Labute approximate surface area is 407 Å². The van der Waals surface area contributed by atoms with E-state index in [1.165, 1.54) is 105 Å². The Bertz CT molecular complexity index is 4030. The molecular formula is C68H44N2. The highest BCUT2D eigenvalue weighted by molar-refractivity contribution is 6.13. The molecule has 1 unspecified atom stereocenters. The highest BCUT2D eigenvalue weighted by Gasteiger charge is 2.51. The first-order valence-corrected chi connectivity index (χ1v) is 24.4.